The van der Waals surface area contributed by atoms with E-state index in [0.29, 0.717) is 0 Å². The normalized spacial score (nSPS) is 14.5. The molecule has 252 valence electrons. The van der Waals surface area contributed by atoms with Crippen LogP contribution in [0.25, 0.3) is 0 Å². The van der Waals surface area contributed by atoms with E-state index in [1.54, 1.807) is 0 Å². The van der Waals surface area contributed by atoms with Gasteiger partial charge < -0.3 is 14.2 Å². The molecule has 5 heteroatoms. The molecule has 2 aromatic heterocycles. The van der Waals surface area contributed by atoms with Crippen molar-refractivity contribution in [1.29, 1.82) is 0 Å². The van der Waals surface area contributed by atoms with Crippen molar-refractivity contribution in [3.05, 3.63) is 82.5 Å². The van der Waals surface area contributed by atoms with Gasteiger partial charge in [0.25, 0.3) is 0 Å². The summed E-state index contributed by atoms with van der Waals surface area (Å²) in [5.74, 6) is 0. The Morgan fingerprint density at radius 3 is 1.38 bits per heavy atom. The summed E-state index contributed by atoms with van der Waals surface area (Å²) in [6.07, 6.45) is 18.3. The average molecular weight is 621 g/mol. The van der Waals surface area contributed by atoms with Gasteiger partial charge in [-0.3, -0.25) is 9.97 Å². The van der Waals surface area contributed by atoms with Gasteiger partial charge in [0.15, 0.2) is 0 Å². The van der Waals surface area contributed by atoms with Gasteiger partial charge in [-0.15, -0.1) is 0 Å². The highest BCUT2D eigenvalue weighted by molar-refractivity contribution is 5.19. The minimum atomic E-state index is -0.163. The van der Waals surface area contributed by atoms with Crippen LogP contribution in [0.5, 0.6) is 0 Å². The standard InChI is InChI=1S/C40H64N2O3/c1-11-33-21-23-35(41-29-33)37(25-19-31(5)17-15-27-39(7,8)43-13-3)45-38(36-24-22-34(12-2)30-42-36)26-20-32(6)18-16-28-40(9,10)44-14-4/h19-24,29-30,37-38H,11-18,25-28H2,1-10H3. The average Bonchev–Trinajstić information content (AvgIpc) is 3.00. The second-order valence-electron chi connectivity index (χ2n) is 13.7. The summed E-state index contributed by atoms with van der Waals surface area (Å²) in [7, 11) is 0. The molecule has 0 N–H and O–H groups in total. The maximum atomic E-state index is 7.00. The van der Waals surface area contributed by atoms with Crippen LogP contribution in [0.3, 0.4) is 0 Å². The van der Waals surface area contributed by atoms with Gasteiger partial charge in [-0.05, 0) is 143 Å². The van der Waals surface area contributed by atoms with Gasteiger partial charge in [0.05, 0.1) is 22.6 Å². The van der Waals surface area contributed by atoms with E-state index in [1.807, 2.05) is 12.4 Å². The first-order valence-corrected chi connectivity index (χ1v) is 17.6. The number of nitrogens with zero attached hydrogens (tertiary/aromatic N) is 2. The second kappa shape index (κ2) is 20.0. The molecule has 2 heterocycles. The lowest BCUT2D eigenvalue weighted by Crippen LogP contribution is -2.24. The molecule has 0 fully saturated rings. The molecule has 0 bridgehead atoms. The zero-order valence-corrected chi connectivity index (χ0v) is 30.4. The minimum Gasteiger partial charge on any atom is -0.376 e. The van der Waals surface area contributed by atoms with Gasteiger partial charge in [-0.1, -0.05) is 49.3 Å². The summed E-state index contributed by atoms with van der Waals surface area (Å²) >= 11 is 0. The number of hydrogen-bond acceptors (Lipinski definition) is 5. The number of rotatable bonds is 22. The fourth-order valence-electron chi connectivity index (χ4n) is 5.69. The van der Waals surface area contributed by atoms with E-state index in [2.05, 4.69) is 106 Å². The molecule has 0 saturated heterocycles. The lowest BCUT2D eigenvalue weighted by atomic mass is 9.98. The predicted molar refractivity (Wildman–Crippen MR) is 190 cm³/mol. The Morgan fingerprint density at radius 2 is 1.07 bits per heavy atom. The highest BCUT2D eigenvalue weighted by Crippen LogP contribution is 2.32. The SMILES string of the molecule is CCOC(C)(C)CCCC(C)=CCC(OC(CC=C(C)CCCC(C)(C)OCC)c1ccc(CC)cn1)c1ccc(CC)cn1. The summed E-state index contributed by atoms with van der Waals surface area (Å²) in [4.78, 5) is 9.74. The molecule has 2 rings (SSSR count). The second-order valence-corrected chi connectivity index (χ2v) is 13.7. The third-order valence-electron chi connectivity index (χ3n) is 8.63. The number of ether oxygens (including phenoxy) is 3. The van der Waals surface area contributed by atoms with E-state index in [4.69, 9.17) is 24.2 Å². The lowest BCUT2D eigenvalue weighted by molar-refractivity contribution is -0.0180. The van der Waals surface area contributed by atoms with Gasteiger partial charge in [0, 0.05) is 25.6 Å². The van der Waals surface area contributed by atoms with E-state index in [-0.39, 0.29) is 23.4 Å². The molecule has 0 aliphatic heterocycles. The topological polar surface area (TPSA) is 53.5 Å². The Labute approximate surface area is 276 Å². The molecule has 2 atom stereocenters. The third-order valence-corrected chi connectivity index (χ3v) is 8.63. The molecule has 0 aromatic carbocycles. The molecule has 2 unspecified atom stereocenters. The van der Waals surface area contributed by atoms with Crippen molar-refractivity contribution in [2.75, 3.05) is 13.2 Å². The lowest BCUT2D eigenvalue weighted by Gasteiger charge is -2.25. The third kappa shape index (κ3) is 15.2. The number of allylic oxidation sites excluding steroid dienone is 2. The molecule has 0 aliphatic rings. The van der Waals surface area contributed by atoms with Gasteiger partial charge in [-0.2, -0.15) is 0 Å². The highest BCUT2D eigenvalue weighted by Gasteiger charge is 2.22. The Morgan fingerprint density at radius 1 is 0.667 bits per heavy atom. The quantitative estimate of drug-likeness (QED) is 0.123. The fourth-order valence-corrected chi connectivity index (χ4v) is 5.69. The van der Waals surface area contributed by atoms with Crippen molar-refractivity contribution < 1.29 is 14.2 Å². The molecular weight excluding hydrogens is 556 g/mol. The molecule has 5 nitrogen and oxygen atoms in total. The Balaban J connectivity index is 2.25. The summed E-state index contributed by atoms with van der Waals surface area (Å²) in [6.45, 7) is 23.2. The molecule has 0 spiro atoms. The molecule has 0 aliphatic carbocycles. The van der Waals surface area contributed by atoms with Crippen molar-refractivity contribution in [2.45, 2.75) is 157 Å². The maximum Gasteiger partial charge on any atom is 0.104 e. The number of pyridine rings is 2. The van der Waals surface area contributed by atoms with Crippen LogP contribution in [0.4, 0.5) is 0 Å². The zero-order valence-electron chi connectivity index (χ0n) is 30.4. The molecule has 0 amide bonds. The van der Waals surface area contributed by atoms with E-state index >= 15 is 0 Å². The molecule has 45 heavy (non-hydrogen) atoms. The van der Waals surface area contributed by atoms with Crippen molar-refractivity contribution in [3.63, 3.8) is 0 Å². The summed E-state index contributed by atoms with van der Waals surface area (Å²) in [5.41, 5.74) is 7.03. The van der Waals surface area contributed by atoms with E-state index in [9.17, 15) is 0 Å². The van der Waals surface area contributed by atoms with Gasteiger partial charge >= 0.3 is 0 Å². The van der Waals surface area contributed by atoms with E-state index in [0.717, 1.165) is 88.8 Å². The first kappa shape index (κ1) is 38.8. The Hall–Kier alpha value is -2.34. The van der Waals surface area contributed by atoms with Crippen LogP contribution >= 0.6 is 0 Å². The summed E-state index contributed by atoms with van der Waals surface area (Å²) in [6, 6.07) is 8.65. The van der Waals surface area contributed by atoms with Gasteiger partial charge in [0.2, 0.25) is 0 Å². The van der Waals surface area contributed by atoms with Crippen molar-refractivity contribution >= 4 is 0 Å². The highest BCUT2D eigenvalue weighted by atomic mass is 16.5. The molecular formula is C40H64N2O3. The smallest absolute Gasteiger partial charge is 0.104 e. The van der Waals surface area contributed by atoms with Crippen LogP contribution in [0, 0.1) is 0 Å². The first-order chi connectivity index (χ1) is 21.4. The van der Waals surface area contributed by atoms with Crippen LogP contribution in [0.1, 0.15) is 155 Å². The molecule has 0 radical (unpaired) electrons. The molecule has 2 aromatic rings. The number of aryl methyl sites for hydroxylation is 2. The van der Waals surface area contributed by atoms with Crippen molar-refractivity contribution in [1.82, 2.24) is 9.97 Å². The number of hydrogen-bond donors (Lipinski definition) is 0. The van der Waals surface area contributed by atoms with E-state index < -0.39 is 0 Å². The van der Waals surface area contributed by atoms with Gasteiger partial charge in [0.1, 0.15) is 12.2 Å². The van der Waals surface area contributed by atoms with Crippen LogP contribution in [-0.4, -0.2) is 34.4 Å². The molecule has 0 saturated carbocycles. The number of aromatic nitrogens is 2. The van der Waals surface area contributed by atoms with Crippen molar-refractivity contribution in [2.24, 2.45) is 0 Å². The summed E-state index contributed by atoms with van der Waals surface area (Å²) in [5, 5.41) is 0. The van der Waals surface area contributed by atoms with Crippen LogP contribution in [0.2, 0.25) is 0 Å². The summed E-state index contributed by atoms with van der Waals surface area (Å²) < 4.78 is 18.8. The predicted octanol–water partition coefficient (Wildman–Crippen LogP) is 11.0. The van der Waals surface area contributed by atoms with Gasteiger partial charge in [-0.25, -0.2) is 0 Å². The zero-order chi connectivity index (χ0) is 33.3. The monoisotopic (exact) mass is 620 g/mol. The van der Waals surface area contributed by atoms with Crippen LogP contribution in [-0.2, 0) is 27.1 Å². The van der Waals surface area contributed by atoms with E-state index in [1.165, 1.54) is 22.3 Å². The Kier molecular flexibility index (Phi) is 17.3. The van der Waals surface area contributed by atoms with Crippen LogP contribution < -0.4 is 0 Å². The Bertz CT molecular complexity index is 1060. The first-order valence-electron chi connectivity index (χ1n) is 17.6. The van der Waals surface area contributed by atoms with Crippen molar-refractivity contribution in [3.8, 4) is 0 Å². The minimum absolute atomic E-state index is 0.0791. The fraction of sp³-hybridized carbons (Fsp3) is 0.650. The largest absolute Gasteiger partial charge is 0.376 e. The maximum absolute atomic E-state index is 7.00. The van der Waals surface area contributed by atoms with Crippen LogP contribution in [0.15, 0.2) is 60.0 Å².